The standard InChI is InChI=1S/C13H10N2S.C7H5NOS/c16-13-14-11-8-4-5-9-12(11)15(13)10-6-2-1-3-7-10;10-7-8-5-3-1-2-4-6(5)9-7/h1-9H,(H,14,16);1-4H,(H,8,10). The highest BCUT2D eigenvalue weighted by Gasteiger charge is 2.04. The molecule has 0 fully saturated rings. The van der Waals surface area contributed by atoms with Gasteiger partial charge in [0, 0.05) is 5.69 Å². The van der Waals surface area contributed by atoms with Crippen molar-refractivity contribution in [3.63, 3.8) is 0 Å². The minimum Gasteiger partial charge on any atom is -0.429 e. The van der Waals surface area contributed by atoms with Crippen molar-refractivity contribution in [3.8, 4) is 5.69 Å². The van der Waals surface area contributed by atoms with Crippen LogP contribution < -0.4 is 0 Å². The largest absolute Gasteiger partial charge is 0.429 e. The number of H-pyrrole nitrogens is 2. The molecular weight excluding hydrogens is 362 g/mol. The number of nitrogens with one attached hydrogen (secondary N) is 2. The Morgan fingerprint density at radius 2 is 1.35 bits per heavy atom. The molecule has 0 aliphatic rings. The van der Waals surface area contributed by atoms with Gasteiger partial charge in [-0.1, -0.05) is 42.5 Å². The van der Waals surface area contributed by atoms with E-state index in [1.807, 2.05) is 65.2 Å². The molecule has 26 heavy (non-hydrogen) atoms. The number of para-hydroxylation sites is 5. The molecule has 3 aromatic carbocycles. The molecule has 0 saturated carbocycles. The Morgan fingerprint density at radius 1 is 0.692 bits per heavy atom. The van der Waals surface area contributed by atoms with Crippen molar-refractivity contribution in [1.82, 2.24) is 14.5 Å². The van der Waals surface area contributed by atoms with E-state index in [2.05, 4.69) is 28.2 Å². The average molecular weight is 377 g/mol. The highest BCUT2D eigenvalue weighted by atomic mass is 32.1. The second-order valence-corrected chi connectivity index (χ2v) is 6.39. The Hall–Kier alpha value is -2.96. The van der Waals surface area contributed by atoms with E-state index in [4.69, 9.17) is 28.9 Å². The Kier molecular flexibility index (Phi) is 4.51. The molecule has 0 bridgehead atoms. The fourth-order valence-corrected chi connectivity index (χ4v) is 3.30. The van der Waals surface area contributed by atoms with Crippen LogP contribution in [-0.4, -0.2) is 14.5 Å². The van der Waals surface area contributed by atoms with Crippen LogP contribution in [0.4, 0.5) is 0 Å². The topological polar surface area (TPSA) is 49.6 Å². The number of rotatable bonds is 1. The summed E-state index contributed by atoms with van der Waals surface area (Å²) in [5.74, 6) is 0. The first-order valence-electron chi connectivity index (χ1n) is 8.05. The molecular formula is C20H15N3OS2. The minimum absolute atomic E-state index is 0.432. The zero-order valence-corrected chi connectivity index (χ0v) is 15.3. The van der Waals surface area contributed by atoms with Gasteiger partial charge in [0.25, 0.3) is 4.84 Å². The lowest BCUT2D eigenvalue weighted by Gasteiger charge is -2.03. The van der Waals surface area contributed by atoms with Gasteiger partial charge in [0.1, 0.15) is 0 Å². The van der Waals surface area contributed by atoms with Gasteiger partial charge in [0.05, 0.1) is 16.6 Å². The lowest BCUT2D eigenvalue weighted by molar-refractivity contribution is 0.583. The zero-order chi connectivity index (χ0) is 17.9. The molecule has 0 amide bonds. The molecule has 0 aliphatic heterocycles. The zero-order valence-electron chi connectivity index (χ0n) is 13.7. The van der Waals surface area contributed by atoms with E-state index in [0.717, 1.165) is 32.6 Å². The van der Waals surface area contributed by atoms with E-state index < -0.39 is 0 Å². The summed E-state index contributed by atoms with van der Waals surface area (Å²) >= 11 is 10.1. The van der Waals surface area contributed by atoms with Crippen LogP contribution in [0.1, 0.15) is 0 Å². The molecule has 6 heteroatoms. The van der Waals surface area contributed by atoms with Crippen molar-refractivity contribution >= 4 is 46.6 Å². The molecule has 2 aromatic heterocycles. The van der Waals surface area contributed by atoms with E-state index in [1.165, 1.54) is 0 Å². The predicted molar refractivity (Wildman–Crippen MR) is 110 cm³/mol. The SMILES string of the molecule is S=c1[nH]c2ccccc2n1-c1ccccc1.S=c1[nH]c2ccccc2o1. The van der Waals surface area contributed by atoms with Gasteiger partial charge in [0.15, 0.2) is 10.4 Å². The minimum atomic E-state index is 0.432. The third-order valence-corrected chi connectivity index (χ3v) is 4.40. The van der Waals surface area contributed by atoms with Gasteiger partial charge < -0.3 is 14.4 Å². The Labute approximate surface area is 159 Å². The van der Waals surface area contributed by atoms with Crippen molar-refractivity contribution in [3.05, 3.63) is 88.5 Å². The summed E-state index contributed by atoms with van der Waals surface area (Å²) in [4.78, 5) is 6.54. The van der Waals surface area contributed by atoms with Crippen LogP contribution in [0.3, 0.4) is 0 Å². The maximum Gasteiger partial charge on any atom is 0.266 e. The van der Waals surface area contributed by atoms with Gasteiger partial charge in [0.2, 0.25) is 0 Å². The van der Waals surface area contributed by atoms with Gasteiger partial charge in [-0.05, 0) is 60.8 Å². The van der Waals surface area contributed by atoms with Crippen LogP contribution in [0.2, 0.25) is 0 Å². The van der Waals surface area contributed by atoms with E-state index in [9.17, 15) is 0 Å². The second kappa shape index (κ2) is 7.11. The average Bonchev–Trinajstić information content (AvgIpc) is 3.20. The van der Waals surface area contributed by atoms with Gasteiger partial charge >= 0.3 is 0 Å². The van der Waals surface area contributed by atoms with Gasteiger partial charge in [-0.15, -0.1) is 0 Å². The summed E-state index contributed by atoms with van der Waals surface area (Å²) in [5, 5.41) is 0. The first kappa shape index (κ1) is 16.5. The summed E-state index contributed by atoms with van der Waals surface area (Å²) < 4.78 is 7.90. The Morgan fingerprint density at radius 3 is 2.12 bits per heavy atom. The maximum atomic E-state index is 5.34. The van der Waals surface area contributed by atoms with E-state index in [1.54, 1.807) is 0 Å². The van der Waals surface area contributed by atoms with Crippen molar-refractivity contribution in [2.75, 3.05) is 0 Å². The molecule has 0 unspecified atom stereocenters. The summed E-state index contributed by atoms with van der Waals surface area (Å²) in [5.41, 5.74) is 5.03. The van der Waals surface area contributed by atoms with Crippen LogP contribution >= 0.6 is 24.4 Å². The molecule has 5 aromatic rings. The molecule has 0 atom stereocenters. The van der Waals surface area contributed by atoms with Crippen LogP contribution in [0, 0.1) is 9.61 Å². The molecule has 5 rings (SSSR count). The summed E-state index contributed by atoms with van der Waals surface area (Å²) in [6.07, 6.45) is 0. The number of hydrogen-bond donors (Lipinski definition) is 2. The lowest BCUT2D eigenvalue weighted by Crippen LogP contribution is -1.92. The van der Waals surface area contributed by atoms with Crippen LogP contribution in [-0.2, 0) is 0 Å². The molecule has 4 nitrogen and oxygen atoms in total. The van der Waals surface area contributed by atoms with Gasteiger partial charge in [-0.2, -0.15) is 0 Å². The maximum absolute atomic E-state index is 5.34. The lowest BCUT2D eigenvalue weighted by atomic mass is 10.3. The normalized spacial score (nSPS) is 10.6. The molecule has 0 aliphatic carbocycles. The quantitative estimate of drug-likeness (QED) is 0.343. The van der Waals surface area contributed by atoms with Crippen LogP contribution in [0.5, 0.6) is 0 Å². The van der Waals surface area contributed by atoms with Crippen molar-refractivity contribution in [2.45, 2.75) is 0 Å². The smallest absolute Gasteiger partial charge is 0.266 e. The monoisotopic (exact) mass is 377 g/mol. The number of fused-ring (bicyclic) bond motifs is 2. The van der Waals surface area contributed by atoms with Crippen molar-refractivity contribution in [1.29, 1.82) is 0 Å². The molecule has 128 valence electrons. The molecule has 2 heterocycles. The summed E-state index contributed by atoms with van der Waals surface area (Å²) in [6, 6.07) is 25.9. The number of aromatic nitrogens is 3. The number of benzene rings is 3. The molecule has 0 saturated heterocycles. The fraction of sp³-hybridized carbons (Fsp3) is 0. The number of nitrogens with zero attached hydrogens (tertiary/aromatic N) is 1. The Bertz CT molecular complexity index is 1240. The second-order valence-electron chi connectivity index (χ2n) is 5.63. The highest BCUT2D eigenvalue weighted by Crippen LogP contribution is 2.18. The van der Waals surface area contributed by atoms with E-state index in [0.29, 0.717) is 4.84 Å². The summed E-state index contributed by atoms with van der Waals surface area (Å²) in [6.45, 7) is 0. The first-order chi connectivity index (χ1) is 12.7. The van der Waals surface area contributed by atoms with Crippen molar-refractivity contribution < 1.29 is 4.42 Å². The van der Waals surface area contributed by atoms with E-state index >= 15 is 0 Å². The van der Waals surface area contributed by atoms with E-state index in [-0.39, 0.29) is 0 Å². The van der Waals surface area contributed by atoms with Crippen LogP contribution in [0.15, 0.2) is 83.3 Å². The van der Waals surface area contributed by atoms with Gasteiger partial charge in [-0.3, -0.25) is 4.57 Å². The van der Waals surface area contributed by atoms with Crippen molar-refractivity contribution in [2.24, 2.45) is 0 Å². The Balaban J connectivity index is 0.000000144. The fourth-order valence-electron chi connectivity index (χ4n) is 2.78. The number of hydrogen-bond acceptors (Lipinski definition) is 3. The first-order valence-corrected chi connectivity index (χ1v) is 8.87. The summed E-state index contributed by atoms with van der Waals surface area (Å²) in [7, 11) is 0. The number of imidazole rings is 1. The van der Waals surface area contributed by atoms with Crippen LogP contribution in [0.25, 0.3) is 27.8 Å². The number of oxazole rings is 1. The molecule has 2 N–H and O–H groups in total. The molecule has 0 spiro atoms. The third-order valence-electron chi connectivity index (χ3n) is 3.93. The predicted octanol–water partition coefficient (Wildman–Crippen LogP) is 6.18. The highest BCUT2D eigenvalue weighted by molar-refractivity contribution is 7.71. The molecule has 0 radical (unpaired) electrons. The number of aromatic amines is 2. The third kappa shape index (κ3) is 3.24. The van der Waals surface area contributed by atoms with Gasteiger partial charge in [-0.25, -0.2) is 0 Å².